The van der Waals surface area contributed by atoms with Crippen LogP contribution in [0.3, 0.4) is 0 Å². The van der Waals surface area contributed by atoms with E-state index in [2.05, 4.69) is 36.2 Å². The maximum atomic E-state index is 13.2. The Morgan fingerprint density at radius 1 is 1.16 bits per heavy atom. The van der Waals surface area contributed by atoms with E-state index in [0.29, 0.717) is 10.1 Å². The van der Waals surface area contributed by atoms with Crippen LogP contribution in [0.1, 0.15) is 50.6 Å². The Balaban J connectivity index is 1.86. The van der Waals surface area contributed by atoms with Crippen LogP contribution in [0.15, 0.2) is 30.5 Å². The number of rotatable bonds is 3. The molecule has 1 aromatic carbocycles. The Hall–Kier alpha value is -2.09. The number of nitrogens with one attached hydrogen (secondary N) is 1. The SMILES string of the molecule is CC(Nc1nn2cc(C(C)(C)C)nc2s1)c1ccccc1C(F)(F)F. The van der Waals surface area contributed by atoms with Crippen molar-refractivity contribution in [2.45, 2.75) is 45.3 Å². The van der Waals surface area contributed by atoms with Gasteiger partial charge in [-0.3, -0.25) is 0 Å². The number of imidazole rings is 1. The summed E-state index contributed by atoms with van der Waals surface area (Å²) in [5, 5.41) is 7.97. The molecule has 1 N–H and O–H groups in total. The van der Waals surface area contributed by atoms with Gasteiger partial charge in [0.1, 0.15) is 0 Å². The van der Waals surface area contributed by atoms with Gasteiger partial charge in [-0.2, -0.15) is 13.2 Å². The van der Waals surface area contributed by atoms with E-state index in [0.717, 1.165) is 11.8 Å². The molecule has 1 atom stereocenters. The normalized spacial score (nSPS) is 14.0. The van der Waals surface area contributed by atoms with Gasteiger partial charge in [0.05, 0.1) is 23.5 Å². The molecule has 0 spiro atoms. The van der Waals surface area contributed by atoms with Crippen LogP contribution in [-0.2, 0) is 11.6 Å². The highest BCUT2D eigenvalue weighted by molar-refractivity contribution is 7.20. The molecular weight excluding hydrogens is 349 g/mol. The van der Waals surface area contributed by atoms with Crippen LogP contribution in [0.25, 0.3) is 4.96 Å². The van der Waals surface area contributed by atoms with E-state index in [-0.39, 0.29) is 11.0 Å². The summed E-state index contributed by atoms with van der Waals surface area (Å²) in [6.45, 7) is 7.88. The fraction of sp³-hybridized carbons (Fsp3) is 0.412. The summed E-state index contributed by atoms with van der Waals surface area (Å²) < 4.78 is 41.2. The van der Waals surface area contributed by atoms with Crippen LogP contribution in [0.4, 0.5) is 18.3 Å². The molecule has 0 saturated carbocycles. The van der Waals surface area contributed by atoms with Gasteiger partial charge in [0, 0.05) is 5.41 Å². The number of anilines is 1. The van der Waals surface area contributed by atoms with E-state index < -0.39 is 17.8 Å². The van der Waals surface area contributed by atoms with Crippen molar-refractivity contribution < 1.29 is 13.2 Å². The Bertz CT molecular complexity index is 858. The number of benzene rings is 1. The number of fused-ring (bicyclic) bond motifs is 1. The van der Waals surface area contributed by atoms with Gasteiger partial charge in [-0.25, -0.2) is 9.50 Å². The summed E-state index contributed by atoms with van der Waals surface area (Å²) in [7, 11) is 0. The summed E-state index contributed by atoms with van der Waals surface area (Å²) in [4.78, 5) is 5.25. The van der Waals surface area contributed by atoms with Crippen LogP contribution in [0.5, 0.6) is 0 Å². The first-order valence-electron chi connectivity index (χ1n) is 7.85. The average molecular weight is 368 g/mol. The number of hydrogen-bond acceptors (Lipinski definition) is 4. The third-order valence-electron chi connectivity index (χ3n) is 3.88. The Morgan fingerprint density at radius 3 is 2.44 bits per heavy atom. The third kappa shape index (κ3) is 3.63. The molecule has 2 heterocycles. The molecule has 2 aromatic heterocycles. The Morgan fingerprint density at radius 2 is 1.84 bits per heavy atom. The summed E-state index contributed by atoms with van der Waals surface area (Å²) in [6.07, 6.45) is -2.53. The lowest BCUT2D eigenvalue weighted by Crippen LogP contribution is -2.15. The number of aromatic nitrogens is 3. The minimum Gasteiger partial charge on any atom is -0.354 e. The fourth-order valence-electron chi connectivity index (χ4n) is 2.52. The average Bonchev–Trinajstić information content (AvgIpc) is 3.04. The predicted octanol–water partition coefficient (Wildman–Crippen LogP) is 5.28. The van der Waals surface area contributed by atoms with Crippen molar-refractivity contribution in [2.24, 2.45) is 0 Å². The molecule has 4 nitrogen and oxygen atoms in total. The molecule has 134 valence electrons. The second kappa shape index (κ2) is 6.01. The van der Waals surface area contributed by atoms with Gasteiger partial charge in [-0.1, -0.05) is 50.3 Å². The standard InChI is InChI=1S/C17H19F3N4S/c1-10(11-7-5-6-8-12(11)17(18,19)20)21-14-23-24-9-13(16(2,3)4)22-15(24)25-14/h5-10H,1-4H3,(H,21,23). The first kappa shape index (κ1) is 17.7. The molecule has 25 heavy (non-hydrogen) atoms. The van der Waals surface area contributed by atoms with Crippen molar-refractivity contribution in [2.75, 3.05) is 5.32 Å². The van der Waals surface area contributed by atoms with Crippen LogP contribution < -0.4 is 5.32 Å². The lowest BCUT2D eigenvalue weighted by atomic mass is 9.93. The van der Waals surface area contributed by atoms with Crippen molar-refractivity contribution in [1.82, 2.24) is 14.6 Å². The molecule has 0 aliphatic heterocycles. The van der Waals surface area contributed by atoms with Gasteiger partial charge in [0.2, 0.25) is 10.1 Å². The first-order valence-corrected chi connectivity index (χ1v) is 8.67. The van der Waals surface area contributed by atoms with E-state index in [9.17, 15) is 13.2 Å². The molecule has 3 rings (SSSR count). The largest absolute Gasteiger partial charge is 0.416 e. The maximum Gasteiger partial charge on any atom is 0.416 e. The second-order valence-corrected chi connectivity index (χ2v) is 7.92. The lowest BCUT2D eigenvalue weighted by Gasteiger charge is -2.18. The molecule has 1 unspecified atom stereocenters. The topological polar surface area (TPSA) is 42.2 Å². The summed E-state index contributed by atoms with van der Waals surface area (Å²) >= 11 is 1.32. The summed E-state index contributed by atoms with van der Waals surface area (Å²) in [5.74, 6) is 0. The molecule has 0 fully saturated rings. The number of alkyl halides is 3. The van der Waals surface area contributed by atoms with E-state index in [1.54, 1.807) is 17.5 Å². The molecule has 0 aliphatic rings. The minimum atomic E-state index is -4.38. The van der Waals surface area contributed by atoms with Crippen LogP contribution >= 0.6 is 11.3 Å². The summed E-state index contributed by atoms with van der Waals surface area (Å²) in [6, 6.07) is 5.04. The van der Waals surface area contributed by atoms with Crippen LogP contribution in [-0.4, -0.2) is 14.6 Å². The van der Waals surface area contributed by atoms with E-state index >= 15 is 0 Å². The van der Waals surface area contributed by atoms with Crippen LogP contribution in [0, 0.1) is 0 Å². The molecule has 0 saturated heterocycles. The van der Waals surface area contributed by atoms with E-state index in [1.165, 1.54) is 23.5 Å². The maximum absolute atomic E-state index is 13.2. The first-order chi connectivity index (χ1) is 11.6. The quantitative estimate of drug-likeness (QED) is 0.684. The van der Waals surface area contributed by atoms with E-state index in [4.69, 9.17) is 0 Å². The molecular formula is C17H19F3N4S. The zero-order valence-electron chi connectivity index (χ0n) is 14.3. The molecule has 0 radical (unpaired) electrons. The number of hydrogen-bond donors (Lipinski definition) is 1. The number of halogens is 3. The lowest BCUT2D eigenvalue weighted by molar-refractivity contribution is -0.138. The molecule has 0 bridgehead atoms. The smallest absolute Gasteiger partial charge is 0.354 e. The third-order valence-corrected chi connectivity index (χ3v) is 4.74. The predicted molar refractivity (Wildman–Crippen MR) is 93.0 cm³/mol. The second-order valence-electron chi connectivity index (χ2n) is 6.96. The van der Waals surface area contributed by atoms with Gasteiger partial charge in [-0.15, -0.1) is 5.10 Å². The van der Waals surface area contributed by atoms with Gasteiger partial charge >= 0.3 is 6.18 Å². The molecule has 8 heteroatoms. The zero-order chi connectivity index (χ0) is 18.4. The van der Waals surface area contributed by atoms with Crippen LogP contribution in [0.2, 0.25) is 0 Å². The molecule has 0 aliphatic carbocycles. The minimum absolute atomic E-state index is 0.0834. The van der Waals surface area contributed by atoms with Crippen molar-refractivity contribution in [3.05, 3.63) is 47.3 Å². The van der Waals surface area contributed by atoms with E-state index in [1.807, 2.05) is 6.20 Å². The Kier molecular flexibility index (Phi) is 4.26. The van der Waals surface area contributed by atoms with Gasteiger partial charge in [0.25, 0.3) is 0 Å². The van der Waals surface area contributed by atoms with Gasteiger partial charge in [-0.05, 0) is 18.6 Å². The highest BCUT2D eigenvalue weighted by Gasteiger charge is 2.34. The highest BCUT2D eigenvalue weighted by atomic mass is 32.1. The fourth-order valence-corrected chi connectivity index (χ4v) is 3.38. The zero-order valence-corrected chi connectivity index (χ0v) is 15.2. The summed E-state index contributed by atoms with van der Waals surface area (Å²) in [5.41, 5.74) is 0.401. The monoisotopic (exact) mass is 368 g/mol. The van der Waals surface area contributed by atoms with Crippen molar-refractivity contribution in [1.29, 1.82) is 0 Å². The van der Waals surface area contributed by atoms with Crippen molar-refractivity contribution in [3.8, 4) is 0 Å². The molecule has 0 amide bonds. The molecule has 3 aromatic rings. The van der Waals surface area contributed by atoms with Gasteiger partial charge in [0.15, 0.2) is 0 Å². The van der Waals surface area contributed by atoms with Crippen molar-refractivity contribution in [3.63, 3.8) is 0 Å². The van der Waals surface area contributed by atoms with Crippen molar-refractivity contribution >= 4 is 21.4 Å². The van der Waals surface area contributed by atoms with Gasteiger partial charge < -0.3 is 5.32 Å². The number of nitrogens with zero attached hydrogens (tertiary/aromatic N) is 3. The Labute approximate surface area is 147 Å². The highest BCUT2D eigenvalue weighted by Crippen LogP contribution is 2.36.